The summed E-state index contributed by atoms with van der Waals surface area (Å²) >= 11 is 1.74. The van der Waals surface area contributed by atoms with Gasteiger partial charge in [-0.15, -0.1) is 0 Å². The van der Waals surface area contributed by atoms with Gasteiger partial charge < -0.3 is 15.5 Å². The second kappa shape index (κ2) is 9.68. The molecule has 21 heavy (non-hydrogen) atoms. The quantitative estimate of drug-likeness (QED) is 0.771. The lowest BCUT2D eigenvalue weighted by molar-refractivity contribution is 0.225. The normalized spacial score (nSPS) is 12.0. The van der Waals surface area contributed by atoms with Gasteiger partial charge in [-0.3, -0.25) is 0 Å². The molecule has 0 heterocycles. The maximum atomic E-state index is 12.1. The number of hydrogen-bond donors (Lipinski definition) is 2. The second-order valence-electron chi connectivity index (χ2n) is 5.15. The predicted molar refractivity (Wildman–Crippen MR) is 93.2 cm³/mol. The van der Waals surface area contributed by atoms with Crippen LogP contribution < -0.4 is 10.6 Å². The fourth-order valence-corrected chi connectivity index (χ4v) is 2.37. The van der Waals surface area contributed by atoms with Crippen molar-refractivity contribution in [1.29, 1.82) is 0 Å². The van der Waals surface area contributed by atoms with E-state index in [1.54, 1.807) is 16.7 Å². The number of thioether (sulfide) groups is 1. The summed E-state index contributed by atoms with van der Waals surface area (Å²) < 4.78 is 0. The van der Waals surface area contributed by atoms with E-state index in [4.69, 9.17) is 0 Å². The lowest BCUT2D eigenvalue weighted by atomic mass is 10.1. The van der Waals surface area contributed by atoms with Gasteiger partial charge in [-0.2, -0.15) is 11.8 Å². The summed E-state index contributed by atoms with van der Waals surface area (Å²) in [6, 6.07) is 8.26. The third kappa shape index (κ3) is 6.40. The van der Waals surface area contributed by atoms with Crippen molar-refractivity contribution in [2.45, 2.75) is 26.3 Å². The minimum absolute atomic E-state index is 0.0598. The van der Waals surface area contributed by atoms with Crippen LogP contribution in [0.2, 0.25) is 0 Å². The number of nitrogens with one attached hydrogen (secondary N) is 2. The monoisotopic (exact) mass is 309 g/mol. The molecule has 0 saturated heterocycles. The van der Waals surface area contributed by atoms with Gasteiger partial charge in [-0.05, 0) is 43.8 Å². The molecule has 1 unspecified atom stereocenters. The predicted octanol–water partition coefficient (Wildman–Crippen LogP) is 3.57. The van der Waals surface area contributed by atoms with Gasteiger partial charge in [0.25, 0.3) is 0 Å². The van der Waals surface area contributed by atoms with E-state index in [0.29, 0.717) is 0 Å². The number of anilines is 1. The summed E-state index contributed by atoms with van der Waals surface area (Å²) in [5, 5.41) is 6.41. The minimum Gasteiger partial charge on any atom is -0.327 e. The molecule has 5 heteroatoms. The molecule has 2 amide bonds. The van der Waals surface area contributed by atoms with Gasteiger partial charge in [0.2, 0.25) is 0 Å². The number of hydrogen-bond acceptors (Lipinski definition) is 3. The highest BCUT2D eigenvalue weighted by Crippen LogP contribution is 2.17. The Labute approximate surface area is 132 Å². The van der Waals surface area contributed by atoms with Crippen LogP contribution in [0.4, 0.5) is 10.5 Å². The molecule has 0 aliphatic heterocycles. The zero-order valence-electron chi connectivity index (χ0n) is 13.5. The number of amides is 2. The number of benzene rings is 1. The molecule has 0 spiro atoms. The Balaban J connectivity index is 2.61. The summed E-state index contributed by atoms with van der Waals surface area (Å²) in [7, 11) is 1.82. The number of urea groups is 1. The van der Waals surface area contributed by atoms with Crippen LogP contribution >= 0.6 is 11.8 Å². The van der Waals surface area contributed by atoms with E-state index < -0.39 is 0 Å². The third-order valence-electron chi connectivity index (χ3n) is 3.32. The zero-order chi connectivity index (χ0) is 15.7. The number of nitrogens with zero attached hydrogens (tertiary/aromatic N) is 1. The largest absolute Gasteiger partial charge is 0.327 e. The average Bonchev–Trinajstić information content (AvgIpc) is 2.50. The van der Waals surface area contributed by atoms with Gasteiger partial charge in [-0.1, -0.05) is 19.1 Å². The number of carbonyl (C=O) groups is 1. The molecule has 0 radical (unpaired) electrons. The molecule has 0 fully saturated rings. The Morgan fingerprint density at radius 1 is 1.43 bits per heavy atom. The summed E-state index contributed by atoms with van der Waals surface area (Å²) in [4.78, 5) is 13.8. The van der Waals surface area contributed by atoms with Crippen molar-refractivity contribution in [3.8, 4) is 0 Å². The molecular weight excluding hydrogens is 282 g/mol. The summed E-state index contributed by atoms with van der Waals surface area (Å²) in [6.45, 7) is 6.04. The van der Waals surface area contributed by atoms with E-state index in [1.165, 1.54) is 5.56 Å². The molecular formula is C16H27N3OS. The van der Waals surface area contributed by atoms with E-state index in [2.05, 4.69) is 30.5 Å². The molecule has 1 atom stereocenters. The second-order valence-corrected chi connectivity index (χ2v) is 6.13. The summed E-state index contributed by atoms with van der Waals surface area (Å²) in [6.07, 6.45) is 3.15. The Bertz CT molecular complexity index is 439. The number of carbonyl (C=O) groups excluding carboxylic acids is 1. The maximum Gasteiger partial charge on any atom is 0.321 e. The van der Waals surface area contributed by atoms with Crippen molar-refractivity contribution < 1.29 is 4.79 Å². The molecule has 2 N–H and O–H groups in total. The molecule has 1 aromatic carbocycles. The first kappa shape index (κ1) is 17.9. The van der Waals surface area contributed by atoms with Crippen LogP contribution in [0.15, 0.2) is 24.3 Å². The van der Waals surface area contributed by atoms with Crippen LogP contribution in [0.25, 0.3) is 0 Å². The highest BCUT2D eigenvalue weighted by molar-refractivity contribution is 7.98. The standard InChI is InChI=1S/C16H27N3OS/c1-5-9-17-13(2)14-7-6-8-15(12-14)18-16(20)19(3)10-11-21-4/h6-8,12-13,17H,5,9-11H2,1-4H3,(H,18,20). The molecule has 1 rings (SSSR count). The third-order valence-corrected chi connectivity index (χ3v) is 3.91. The molecule has 0 aliphatic carbocycles. The lowest BCUT2D eigenvalue weighted by Gasteiger charge is -2.19. The van der Waals surface area contributed by atoms with Gasteiger partial charge >= 0.3 is 6.03 Å². The smallest absolute Gasteiger partial charge is 0.321 e. The fourth-order valence-electron chi connectivity index (χ4n) is 1.91. The molecule has 1 aromatic rings. The zero-order valence-corrected chi connectivity index (χ0v) is 14.3. The van der Waals surface area contributed by atoms with Crippen molar-refractivity contribution in [1.82, 2.24) is 10.2 Å². The van der Waals surface area contributed by atoms with Gasteiger partial charge in [0.1, 0.15) is 0 Å². The number of rotatable bonds is 8. The molecule has 4 nitrogen and oxygen atoms in total. The van der Waals surface area contributed by atoms with Gasteiger partial charge in [-0.25, -0.2) is 4.79 Å². The van der Waals surface area contributed by atoms with Crippen molar-refractivity contribution in [2.75, 3.05) is 37.5 Å². The van der Waals surface area contributed by atoms with Crippen molar-refractivity contribution in [3.05, 3.63) is 29.8 Å². The van der Waals surface area contributed by atoms with Crippen LogP contribution in [-0.2, 0) is 0 Å². The molecule has 0 saturated carbocycles. The van der Waals surface area contributed by atoms with Crippen LogP contribution in [0.3, 0.4) is 0 Å². The van der Waals surface area contributed by atoms with Gasteiger partial charge in [0, 0.05) is 31.1 Å². The van der Waals surface area contributed by atoms with E-state index in [-0.39, 0.29) is 12.1 Å². The van der Waals surface area contributed by atoms with Crippen LogP contribution in [0.1, 0.15) is 31.9 Å². The Kier molecular flexibility index (Phi) is 8.23. The van der Waals surface area contributed by atoms with Crippen molar-refractivity contribution >= 4 is 23.5 Å². The highest BCUT2D eigenvalue weighted by Gasteiger charge is 2.10. The van der Waals surface area contributed by atoms with E-state index in [1.807, 2.05) is 31.5 Å². The van der Waals surface area contributed by atoms with E-state index in [0.717, 1.165) is 31.0 Å². The Morgan fingerprint density at radius 3 is 2.86 bits per heavy atom. The Morgan fingerprint density at radius 2 is 2.19 bits per heavy atom. The molecule has 0 bridgehead atoms. The SMILES string of the molecule is CCCNC(C)c1cccc(NC(=O)N(C)CCSC)c1. The molecule has 0 aromatic heterocycles. The van der Waals surface area contributed by atoms with Gasteiger partial charge in [0.15, 0.2) is 0 Å². The van der Waals surface area contributed by atoms with Crippen molar-refractivity contribution in [2.24, 2.45) is 0 Å². The maximum absolute atomic E-state index is 12.1. The van der Waals surface area contributed by atoms with Crippen LogP contribution in [0, 0.1) is 0 Å². The summed E-state index contributed by atoms with van der Waals surface area (Å²) in [5.74, 6) is 0.946. The lowest BCUT2D eigenvalue weighted by Crippen LogP contribution is -2.33. The van der Waals surface area contributed by atoms with Crippen LogP contribution in [-0.4, -0.2) is 43.1 Å². The molecule has 118 valence electrons. The first-order valence-electron chi connectivity index (χ1n) is 7.42. The minimum atomic E-state index is -0.0598. The summed E-state index contributed by atoms with van der Waals surface area (Å²) in [5.41, 5.74) is 2.03. The first-order valence-corrected chi connectivity index (χ1v) is 8.82. The van der Waals surface area contributed by atoms with Crippen molar-refractivity contribution in [3.63, 3.8) is 0 Å². The van der Waals surface area contributed by atoms with Crippen LogP contribution in [0.5, 0.6) is 0 Å². The van der Waals surface area contributed by atoms with Gasteiger partial charge in [0.05, 0.1) is 0 Å². The topological polar surface area (TPSA) is 44.4 Å². The fraction of sp³-hybridized carbons (Fsp3) is 0.562. The van der Waals surface area contributed by atoms with E-state index >= 15 is 0 Å². The average molecular weight is 309 g/mol. The Hall–Kier alpha value is -1.20. The van der Waals surface area contributed by atoms with E-state index in [9.17, 15) is 4.79 Å². The highest BCUT2D eigenvalue weighted by atomic mass is 32.2. The first-order chi connectivity index (χ1) is 10.1. The molecule has 0 aliphatic rings.